The molecule has 0 aromatic heterocycles. The zero-order valence-electron chi connectivity index (χ0n) is 12.9. The van der Waals surface area contributed by atoms with Crippen molar-refractivity contribution < 1.29 is 27.5 Å². The number of esters is 1. The topological polar surface area (TPSA) is 43.4 Å². The largest absolute Gasteiger partial charge is 0.465 e. The van der Waals surface area contributed by atoms with E-state index in [4.69, 9.17) is 0 Å². The van der Waals surface area contributed by atoms with Gasteiger partial charge < -0.3 is 4.74 Å². The molecule has 0 saturated carbocycles. The molecule has 6 heteroatoms. The highest BCUT2D eigenvalue weighted by molar-refractivity contribution is 5.97. The van der Waals surface area contributed by atoms with Gasteiger partial charge in [0.2, 0.25) is 0 Å². The van der Waals surface area contributed by atoms with Crippen LogP contribution in [0.15, 0.2) is 48.5 Å². The summed E-state index contributed by atoms with van der Waals surface area (Å²) < 4.78 is 42.0. The van der Waals surface area contributed by atoms with Gasteiger partial charge in [-0.2, -0.15) is 13.2 Å². The lowest BCUT2D eigenvalue weighted by Gasteiger charge is -2.07. The van der Waals surface area contributed by atoms with Crippen molar-refractivity contribution in [1.82, 2.24) is 0 Å². The first kappa shape index (κ1) is 17.7. The highest BCUT2D eigenvalue weighted by Gasteiger charge is 2.29. The lowest BCUT2D eigenvalue weighted by Crippen LogP contribution is -2.06. The van der Waals surface area contributed by atoms with E-state index in [2.05, 4.69) is 4.74 Å². The van der Waals surface area contributed by atoms with Crippen molar-refractivity contribution in [2.75, 3.05) is 7.11 Å². The van der Waals surface area contributed by atoms with Crippen LogP contribution in [0.4, 0.5) is 13.2 Å². The van der Waals surface area contributed by atoms with Gasteiger partial charge in [0.05, 0.1) is 18.2 Å². The monoisotopic (exact) mass is 336 g/mol. The molecule has 2 aromatic rings. The minimum atomic E-state index is -4.37. The van der Waals surface area contributed by atoms with Gasteiger partial charge >= 0.3 is 12.1 Å². The smallest absolute Gasteiger partial charge is 0.416 e. The van der Waals surface area contributed by atoms with Crippen molar-refractivity contribution in [1.29, 1.82) is 0 Å². The van der Waals surface area contributed by atoms with Crippen LogP contribution in [0.25, 0.3) is 0 Å². The number of hydrogen-bond acceptors (Lipinski definition) is 3. The number of halogens is 3. The summed E-state index contributed by atoms with van der Waals surface area (Å²) in [7, 11) is 1.27. The summed E-state index contributed by atoms with van der Waals surface area (Å²) in [6, 6.07) is 10.8. The zero-order valence-corrected chi connectivity index (χ0v) is 12.9. The Balaban J connectivity index is 1.96. The fourth-order valence-electron chi connectivity index (χ4n) is 2.17. The molecule has 0 spiro atoms. The van der Waals surface area contributed by atoms with Crippen LogP contribution >= 0.6 is 0 Å². The highest BCUT2D eigenvalue weighted by Crippen LogP contribution is 2.29. The second-order valence-electron chi connectivity index (χ2n) is 5.19. The Morgan fingerprint density at radius 3 is 1.96 bits per heavy atom. The number of hydrogen-bond donors (Lipinski definition) is 0. The van der Waals surface area contributed by atoms with E-state index >= 15 is 0 Å². The molecule has 0 heterocycles. The van der Waals surface area contributed by atoms with Gasteiger partial charge in [0.1, 0.15) is 0 Å². The summed E-state index contributed by atoms with van der Waals surface area (Å²) in [5, 5.41) is 0. The Bertz CT molecular complexity index is 717. The average molecular weight is 336 g/mol. The van der Waals surface area contributed by atoms with Crippen LogP contribution in [0, 0.1) is 0 Å². The average Bonchev–Trinajstić information content (AvgIpc) is 2.58. The molecule has 0 N–H and O–H groups in total. The summed E-state index contributed by atoms with van der Waals surface area (Å²) >= 11 is 0. The first-order chi connectivity index (χ1) is 11.3. The zero-order chi connectivity index (χ0) is 17.7. The maximum atomic E-state index is 12.5. The van der Waals surface area contributed by atoms with Crippen molar-refractivity contribution in [2.45, 2.75) is 19.0 Å². The third kappa shape index (κ3) is 4.44. The highest BCUT2D eigenvalue weighted by atomic mass is 19.4. The first-order valence-corrected chi connectivity index (χ1v) is 7.19. The van der Waals surface area contributed by atoms with Gasteiger partial charge in [-0.15, -0.1) is 0 Å². The summed E-state index contributed by atoms with van der Waals surface area (Å²) in [5.74, 6) is -0.634. The molecule has 0 unspecified atom stereocenters. The van der Waals surface area contributed by atoms with Gasteiger partial charge in [-0.3, -0.25) is 4.79 Å². The summed E-state index contributed by atoms with van der Waals surface area (Å²) in [4.78, 5) is 23.4. The van der Waals surface area contributed by atoms with E-state index in [0.29, 0.717) is 23.1 Å². The number of ether oxygens (including phenoxy) is 1. The number of benzene rings is 2. The van der Waals surface area contributed by atoms with Crippen LogP contribution in [0.1, 0.15) is 38.3 Å². The number of carbonyl (C=O) groups is 2. The van der Waals surface area contributed by atoms with Crippen molar-refractivity contribution in [3.8, 4) is 0 Å². The Morgan fingerprint density at radius 2 is 1.46 bits per heavy atom. The third-order valence-corrected chi connectivity index (χ3v) is 3.55. The van der Waals surface area contributed by atoms with E-state index in [9.17, 15) is 22.8 Å². The third-order valence-electron chi connectivity index (χ3n) is 3.55. The predicted molar refractivity (Wildman–Crippen MR) is 81.9 cm³/mol. The summed E-state index contributed by atoms with van der Waals surface area (Å²) in [5.41, 5.74) is 0.727. The molecule has 2 aromatic carbocycles. The number of methoxy groups -OCH3 is 1. The van der Waals surface area contributed by atoms with Gasteiger partial charge in [0.25, 0.3) is 0 Å². The molecule has 0 saturated heterocycles. The molecule has 3 nitrogen and oxygen atoms in total. The number of carbonyl (C=O) groups excluding carboxylic acids is 2. The van der Waals surface area contributed by atoms with Crippen LogP contribution in [0.5, 0.6) is 0 Å². The first-order valence-electron chi connectivity index (χ1n) is 7.19. The Kier molecular flexibility index (Phi) is 5.39. The van der Waals surface area contributed by atoms with Crippen LogP contribution in [-0.4, -0.2) is 18.9 Å². The van der Waals surface area contributed by atoms with E-state index in [-0.39, 0.29) is 12.2 Å². The lowest BCUT2D eigenvalue weighted by atomic mass is 10.0. The van der Waals surface area contributed by atoms with Crippen molar-refractivity contribution in [2.24, 2.45) is 0 Å². The molecule has 0 fully saturated rings. The fourth-order valence-corrected chi connectivity index (χ4v) is 2.17. The van der Waals surface area contributed by atoms with E-state index in [0.717, 1.165) is 12.1 Å². The van der Waals surface area contributed by atoms with E-state index in [1.54, 1.807) is 0 Å². The second kappa shape index (κ2) is 7.29. The Hall–Kier alpha value is -2.63. The van der Waals surface area contributed by atoms with Gasteiger partial charge in [-0.05, 0) is 36.2 Å². The molecule has 0 aliphatic carbocycles. The van der Waals surface area contributed by atoms with Gasteiger partial charge in [0.15, 0.2) is 5.78 Å². The standard InChI is InChI=1S/C18H15F3O3/c1-24-17(23)14-7-5-13(6-8-14)16(22)11-4-12-2-9-15(10-3-12)18(19,20)21/h2-3,5-10H,4,11H2,1H3. The molecule has 0 aliphatic heterocycles. The van der Waals surface area contributed by atoms with Crippen LogP contribution < -0.4 is 0 Å². The van der Waals surface area contributed by atoms with Crippen molar-refractivity contribution in [3.05, 3.63) is 70.8 Å². The molecule has 126 valence electrons. The molecule has 0 amide bonds. The number of alkyl halides is 3. The number of aryl methyl sites for hydroxylation is 1. The summed E-state index contributed by atoms with van der Waals surface area (Å²) in [6.07, 6.45) is -3.85. The maximum Gasteiger partial charge on any atom is 0.416 e. The molecule has 0 bridgehead atoms. The molecule has 0 aliphatic rings. The van der Waals surface area contributed by atoms with E-state index in [1.807, 2.05) is 0 Å². The Morgan fingerprint density at radius 1 is 0.917 bits per heavy atom. The van der Waals surface area contributed by atoms with Gasteiger partial charge in [-0.1, -0.05) is 24.3 Å². The normalized spacial score (nSPS) is 11.2. The quantitative estimate of drug-likeness (QED) is 0.604. The molecule has 2 rings (SSSR count). The molecule has 0 atom stereocenters. The minimum absolute atomic E-state index is 0.147. The van der Waals surface area contributed by atoms with Crippen molar-refractivity contribution >= 4 is 11.8 Å². The molecule has 0 radical (unpaired) electrons. The van der Waals surface area contributed by atoms with E-state index in [1.165, 1.54) is 43.5 Å². The van der Waals surface area contributed by atoms with Crippen LogP contribution in [0.3, 0.4) is 0 Å². The number of Topliss-reactive ketones (excluding diaryl/α,β-unsaturated/α-hetero) is 1. The predicted octanol–water partition coefficient (Wildman–Crippen LogP) is 4.31. The van der Waals surface area contributed by atoms with Crippen LogP contribution in [0.2, 0.25) is 0 Å². The SMILES string of the molecule is COC(=O)c1ccc(C(=O)CCc2ccc(C(F)(F)F)cc2)cc1. The summed E-state index contributed by atoms with van der Waals surface area (Å²) in [6.45, 7) is 0. The van der Waals surface area contributed by atoms with Crippen LogP contribution in [-0.2, 0) is 17.3 Å². The van der Waals surface area contributed by atoms with E-state index < -0.39 is 17.7 Å². The number of rotatable bonds is 5. The lowest BCUT2D eigenvalue weighted by molar-refractivity contribution is -0.137. The second-order valence-corrected chi connectivity index (χ2v) is 5.19. The Labute approximate surface area is 137 Å². The minimum Gasteiger partial charge on any atom is -0.465 e. The molecular weight excluding hydrogens is 321 g/mol. The van der Waals surface area contributed by atoms with Gasteiger partial charge in [0, 0.05) is 12.0 Å². The fraction of sp³-hybridized carbons (Fsp3) is 0.222. The maximum absolute atomic E-state index is 12.5. The van der Waals surface area contributed by atoms with Gasteiger partial charge in [-0.25, -0.2) is 4.79 Å². The molecule has 24 heavy (non-hydrogen) atoms. The number of ketones is 1. The van der Waals surface area contributed by atoms with Crippen molar-refractivity contribution in [3.63, 3.8) is 0 Å². The molecular formula is C18H15F3O3.